The second kappa shape index (κ2) is 11.4. The van der Waals surface area contributed by atoms with E-state index < -0.39 is 41.6 Å². The van der Waals surface area contributed by atoms with Gasteiger partial charge in [0.1, 0.15) is 30.2 Å². The number of benzene rings is 1. The molecule has 0 radical (unpaired) electrons. The average molecular weight is 418 g/mol. The van der Waals surface area contributed by atoms with Gasteiger partial charge in [-0.15, -0.1) is 0 Å². The first-order valence-electron chi connectivity index (χ1n) is 7.78. The molecule has 5 unspecified atom stereocenters. The molecule has 0 amide bonds. The predicted molar refractivity (Wildman–Crippen MR) is 96.2 cm³/mol. The monoisotopic (exact) mass is 416 g/mol. The summed E-state index contributed by atoms with van der Waals surface area (Å²) in [4.78, 5) is 0. The number of hydrogen-bond acceptors (Lipinski definition) is 6. The lowest BCUT2D eigenvalue weighted by atomic mass is 9.99. The van der Waals surface area contributed by atoms with Crippen molar-refractivity contribution in [2.24, 2.45) is 0 Å². The first-order chi connectivity index (χ1) is 11.8. The smallest absolute Gasteiger partial charge is 0.229 e. The number of ether oxygens (including phenoxy) is 2. The van der Waals surface area contributed by atoms with Gasteiger partial charge in [-0.3, -0.25) is 0 Å². The molecule has 4 N–H and O–H groups in total. The summed E-state index contributed by atoms with van der Waals surface area (Å²) in [5.41, 5.74) is 1.18. The molecule has 0 aromatic heterocycles. The summed E-state index contributed by atoms with van der Waals surface area (Å²) in [6, 6.07) is 7.35. The molecule has 2 rings (SSSR count). The van der Waals surface area contributed by atoms with Crippen molar-refractivity contribution in [3.8, 4) is 5.75 Å². The molecule has 144 valence electrons. The van der Waals surface area contributed by atoms with Crippen molar-refractivity contribution in [3.05, 3.63) is 29.8 Å². The van der Waals surface area contributed by atoms with Gasteiger partial charge in [-0.05, 0) is 24.1 Å². The minimum Gasteiger partial charge on any atom is -0.462 e. The van der Waals surface area contributed by atoms with E-state index in [0.717, 1.165) is 12.8 Å². The lowest BCUT2D eigenvalue weighted by Gasteiger charge is -2.39. The van der Waals surface area contributed by atoms with Crippen molar-refractivity contribution < 1.29 is 29.9 Å². The Morgan fingerprint density at radius 2 is 1.60 bits per heavy atom. The Bertz CT molecular complexity index is 483. The van der Waals surface area contributed by atoms with Crippen molar-refractivity contribution in [2.75, 3.05) is 6.61 Å². The lowest BCUT2D eigenvalue weighted by Crippen LogP contribution is -2.60. The summed E-state index contributed by atoms with van der Waals surface area (Å²) >= 11 is 14.4. The first kappa shape index (κ1) is 22.7. The third-order valence-corrected chi connectivity index (χ3v) is 3.56. The molecule has 1 heterocycles. The van der Waals surface area contributed by atoms with Crippen molar-refractivity contribution in [3.63, 3.8) is 0 Å². The third-order valence-electron chi connectivity index (χ3n) is 3.56. The van der Waals surface area contributed by atoms with Crippen LogP contribution in [0.4, 0.5) is 0 Å². The van der Waals surface area contributed by atoms with Crippen LogP contribution in [0.1, 0.15) is 18.9 Å². The summed E-state index contributed by atoms with van der Waals surface area (Å²) in [5.74, 6) is 0.485. The Hall–Kier alpha value is -0.310. The van der Waals surface area contributed by atoms with Gasteiger partial charge in [0, 0.05) is 0 Å². The summed E-state index contributed by atoms with van der Waals surface area (Å²) < 4.78 is 10.0. The number of aryl methyl sites for hydroxylation is 1. The summed E-state index contributed by atoms with van der Waals surface area (Å²) in [6.07, 6.45) is -4.28. The van der Waals surface area contributed by atoms with Crippen LogP contribution in [-0.4, -0.2) is 62.0 Å². The number of rotatable bonds is 5. The Kier molecular flexibility index (Phi) is 10.4. The van der Waals surface area contributed by atoms with E-state index >= 15 is 0 Å². The minimum absolute atomic E-state index is 0.472. The Labute approximate surface area is 161 Å². The van der Waals surface area contributed by atoms with E-state index in [4.69, 9.17) is 49.4 Å². The van der Waals surface area contributed by atoms with Crippen LogP contribution in [0.2, 0.25) is 0 Å². The van der Waals surface area contributed by atoms with Gasteiger partial charge in [-0.2, -0.15) is 0 Å². The van der Waals surface area contributed by atoms with Gasteiger partial charge in [0.25, 0.3) is 0 Å². The Morgan fingerprint density at radius 1 is 1.04 bits per heavy atom. The van der Waals surface area contributed by atoms with Gasteiger partial charge >= 0.3 is 0 Å². The second-order valence-corrected chi connectivity index (χ2v) is 7.44. The standard InChI is InChI=1S/C15H22O6.CHCl3/c1-2-3-9-4-6-10(7-5-9)20-15-14(19)13(18)12(17)11(8-16)21-15;2-1(3)4/h4-7,11-19H,2-3,8H2,1H3;1H. The van der Waals surface area contributed by atoms with E-state index in [1.54, 1.807) is 12.1 Å². The van der Waals surface area contributed by atoms with E-state index in [-0.39, 0.29) is 0 Å². The fraction of sp³-hybridized carbons (Fsp3) is 0.625. The summed E-state index contributed by atoms with van der Waals surface area (Å²) in [5, 5.41) is 38.4. The molecule has 1 aromatic rings. The molecule has 0 aliphatic carbocycles. The zero-order valence-electron chi connectivity index (χ0n) is 13.6. The predicted octanol–water partition coefficient (Wildman–Crippen LogP) is 1.80. The summed E-state index contributed by atoms with van der Waals surface area (Å²) in [7, 11) is 0. The molecule has 6 nitrogen and oxygen atoms in total. The molecule has 0 bridgehead atoms. The highest BCUT2D eigenvalue weighted by Gasteiger charge is 2.44. The van der Waals surface area contributed by atoms with Crippen LogP contribution in [0.3, 0.4) is 0 Å². The number of alkyl halides is 3. The second-order valence-electron chi connectivity index (χ2n) is 5.46. The molecule has 5 atom stereocenters. The zero-order valence-corrected chi connectivity index (χ0v) is 15.9. The quantitative estimate of drug-likeness (QED) is 0.545. The van der Waals surface area contributed by atoms with Crippen molar-refractivity contribution in [1.82, 2.24) is 0 Å². The van der Waals surface area contributed by atoms with Crippen molar-refractivity contribution in [1.29, 1.82) is 0 Å². The van der Waals surface area contributed by atoms with Crippen LogP contribution in [0.25, 0.3) is 0 Å². The maximum Gasteiger partial charge on any atom is 0.229 e. The van der Waals surface area contributed by atoms with Gasteiger partial charge in [0.05, 0.1) is 6.61 Å². The maximum absolute atomic E-state index is 9.88. The number of hydrogen-bond donors (Lipinski definition) is 4. The number of aliphatic hydroxyl groups is 4. The lowest BCUT2D eigenvalue weighted by molar-refractivity contribution is -0.277. The molecule has 1 fully saturated rings. The highest BCUT2D eigenvalue weighted by Crippen LogP contribution is 2.24. The van der Waals surface area contributed by atoms with Gasteiger partial charge < -0.3 is 29.9 Å². The number of aliphatic hydroxyl groups excluding tert-OH is 4. The van der Waals surface area contributed by atoms with Crippen LogP contribution in [0, 0.1) is 0 Å². The van der Waals surface area contributed by atoms with Gasteiger partial charge in [-0.25, -0.2) is 0 Å². The van der Waals surface area contributed by atoms with Gasteiger partial charge in [0.2, 0.25) is 6.29 Å². The molecular formula is C16H23Cl3O6. The SMILES string of the molecule is CCCc1ccc(OC2OC(CO)C(O)C(O)C2O)cc1.ClC(Cl)Cl. The molecule has 0 saturated carbocycles. The highest BCUT2D eigenvalue weighted by atomic mass is 35.6. The van der Waals surface area contributed by atoms with Crippen molar-refractivity contribution in [2.45, 2.75) is 54.8 Å². The van der Waals surface area contributed by atoms with Gasteiger partial charge in [0.15, 0.2) is 4.30 Å². The fourth-order valence-corrected chi connectivity index (χ4v) is 2.32. The number of halogens is 3. The van der Waals surface area contributed by atoms with E-state index in [0.29, 0.717) is 5.75 Å². The van der Waals surface area contributed by atoms with E-state index in [1.165, 1.54) is 5.56 Å². The van der Waals surface area contributed by atoms with Crippen LogP contribution in [0.15, 0.2) is 24.3 Å². The zero-order chi connectivity index (χ0) is 19.0. The van der Waals surface area contributed by atoms with E-state index in [1.807, 2.05) is 12.1 Å². The molecular weight excluding hydrogens is 395 g/mol. The maximum atomic E-state index is 9.88. The highest BCUT2D eigenvalue weighted by molar-refractivity contribution is 6.63. The summed E-state index contributed by atoms with van der Waals surface area (Å²) in [6.45, 7) is 1.62. The van der Waals surface area contributed by atoms with E-state index in [2.05, 4.69) is 6.92 Å². The molecule has 1 aliphatic heterocycles. The molecule has 0 spiro atoms. The van der Waals surface area contributed by atoms with Gasteiger partial charge in [-0.1, -0.05) is 60.3 Å². The Morgan fingerprint density at radius 3 is 2.08 bits per heavy atom. The molecule has 9 heteroatoms. The molecule has 1 aliphatic rings. The van der Waals surface area contributed by atoms with Crippen LogP contribution >= 0.6 is 34.8 Å². The van der Waals surface area contributed by atoms with E-state index in [9.17, 15) is 15.3 Å². The van der Waals surface area contributed by atoms with Crippen LogP contribution in [0.5, 0.6) is 5.75 Å². The molecule has 1 aromatic carbocycles. The third kappa shape index (κ3) is 7.45. The van der Waals surface area contributed by atoms with Crippen molar-refractivity contribution >= 4 is 34.8 Å². The first-order valence-corrected chi connectivity index (χ1v) is 9.09. The minimum atomic E-state index is -1.43. The van der Waals surface area contributed by atoms with Crippen LogP contribution < -0.4 is 4.74 Å². The Balaban J connectivity index is 0.000000705. The molecule has 25 heavy (non-hydrogen) atoms. The normalized spacial score (nSPS) is 29.1. The van der Waals surface area contributed by atoms with Crippen LogP contribution in [-0.2, 0) is 11.2 Å². The fourth-order valence-electron chi connectivity index (χ4n) is 2.32. The topological polar surface area (TPSA) is 99.4 Å². The molecule has 1 saturated heterocycles. The largest absolute Gasteiger partial charge is 0.462 e. The average Bonchev–Trinajstić information content (AvgIpc) is 2.57.